The van der Waals surface area contributed by atoms with Gasteiger partial charge in [0.05, 0.1) is 31.0 Å². The van der Waals surface area contributed by atoms with E-state index in [1.165, 1.54) is 23.8 Å². The Morgan fingerprint density at radius 1 is 1.14 bits per heavy atom. The number of nitrogens with one attached hydrogen (secondary N) is 1. The van der Waals surface area contributed by atoms with E-state index >= 15 is 0 Å². The molecule has 37 heavy (non-hydrogen) atoms. The first-order valence-corrected chi connectivity index (χ1v) is 13.5. The number of allylic oxidation sites excluding steroid dienone is 2. The number of carbonyl (C=O) groups is 2. The third-order valence-electron chi connectivity index (χ3n) is 7.25. The van der Waals surface area contributed by atoms with Crippen molar-refractivity contribution in [3.05, 3.63) is 36.0 Å². The summed E-state index contributed by atoms with van der Waals surface area (Å²) < 4.78 is 23.2. The van der Waals surface area contributed by atoms with Crippen LogP contribution in [0.25, 0.3) is 0 Å². The number of carbonyl (C=O) groups excluding carboxylic acids is 2. The van der Waals surface area contributed by atoms with Crippen LogP contribution >= 0.6 is 0 Å². The van der Waals surface area contributed by atoms with E-state index in [0.29, 0.717) is 25.0 Å². The van der Waals surface area contributed by atoms with Crippen molar-refractivity contribution in [3.63, 3.8) is 0 Å². The highest BCUT2D eigenvalue weighted by molar-refractivity contribution is 5.87. The van der Waals surface area contributed by atoms with E-state index in [1.54, 1.807) is 20.0 Å². The van der Waals surface area contributed by atoms with Gasteiger partial charge in [-0.3, -0.25) is 4.79 Å². The number of rotatable bonds is 9. The molecule has 3 rings (SSSR count). The molecule has 3 fully saturated rings. The van der Waals surface area contributed by atoms with Crippen molar-refractivity contribution in [2.75, 3.05) is 20.3 Å². The van der Waals surface area contributed by atoms with Crippen molar-refractivity contribution in [1.82, 2.24) is 10.2 Å². The molecule has 2 heterocycles. The molecule has 2 amide bonds. The molecule has 1 N–H and O–H groups in total. The first-order chi connectivity index (χ1) is 17.4. The van der Waals surface area contributed by atoms with Gasteiger partial charge in [-0.1, -0.05) is 23.8 Å². The van der Waals surface area contributed by atoms with Crippen molar-refractivity contribution >= 4 is 12.0 Å². The van der Waals surface area contributed by atoms with Crippen LogP contribution in [0.2, 0.25) is 0 Å². The van der Waals surface area contributed by atoms with E-state index in [9.17, 15) is 9.59 Å². The van der Waals surface area contributed by atoms with E-state index in [0.717, 1.165) is 18.4 Å². The van der Waals surface area contributed by atoms with E-state index in [4.69, 9.17) is 18.9 Å². The zero-order valence-electron chi connectivity index (χ0n) is 23.6. The van der Waals surface area contributed by atoms with Gasteiger partial charge in [-0.2, -0.15) is 0 Å². The summed E-state index contributed by atoms with van der Waals surface area (Å²) in [6, 6.07) is -0.193. The Morgan fingerprint density at radius 2 is 1.81 bits per heavy atom. The average molecular weight is 519 g/mol. The molecule has 0 aromatic carbocycles. The average Bonchev–Trinajstić information content (AvgIpc) is 3.56. The highest BCUT2D eigenvalue weighted by atomic mass is 16.7. The summed E-state index contributed by atoms with van der Waals surface area (Å²) in [7, 11) is 1.68. The Labute approximate surface area is 222 Å². The van der Waals surface area contributed by atoms with Gasteiger partial charge in [-0.05, 0) is 78.7 Å². The van der Waals surface area contributed by atoms with Crippen molar-refractivity contribution in [2.45, 2.75) is 110 Å². The maximum absolute atomic E-state index is 12.2. The summed E-state index contributed by atoms with van der Waals surface area (Å²) in [5.41, 5.74) is 1.61. The Bertz CT molecular complexity index is 875. The van der Waals surface area contributed by atoms with Crippen molar-refractivity contribution < 1.29 is 28.5 Å². The molecule has 1 spiro atoms. The summed E-state index contributed by atoms with van der Waals surface area (Å²) in [5.74, 6) is -0.280. The molecule has 0 bridgehead atoms. The molecule has 0 radical (unpaired) electrons. The minimum Gasteiger partial charge on any atom is -0.442 e. The van der Waals surface area contributed by atoms with Gasteiger partial charge >= 0.3 is 6.09 Å². The fourth-order valence-corrected chi connectivity index (χ4v) is 4.90. The quantitative estimate of drug-likeness (QED) is 0.345. The molecule has 8 heteroatoms. The van der Waals surface area contributed by atoms with E-state index in [2.05, 4.69) is 44.3 Å². The van der Waals surface area contributed by atoms with Crippen LogP contribution in [0.15, 0.2) is 36.0 Å². The molecule has 208 valence electrons. The molecule has 8 nitrogen and oxygen atoms in total. The van der Waals surface area contributed by atoms with Gasteiger partial charge in [-0.25, -0.2) is 4.79 Å². The maximum atomic E-state index is 12.2. The molecule has 0 unspecified atom stereocenters. The van der Waals surface area contributed by atoms with Gasteiger partial charge in [0.25, 0.3) is 0 Å². The van der Waals surface area contributed by atoms with E-state index in [1.807, 2.05) is 13.8 Å². The monoisotopic (exact) mass is 518 g/mol. The minimum absolute atomic E-state index is 0.0385. The maximum Gasteiger partial charge on any atom is 0.410 e. The van der Waals surface area contributed by atoms with Crippen LogP contribution < -0.4 is 5.32 Å². The molecule has 1 aliphatic carbocycles. The topological polar surface area (TPSA) is 86.3 Å². The zero-order valence-corrected chi connectivity index (χ0v) is 23.6. The lowest BCUT2D eigenvalue weighted by Crippen LogP contribution is -2.46. The number of hydrogen-bond acceptors (Lipinski definition) is 6. The van der Waals surface area contributed by atoms with Crippen LogP contribution in [-0.2, 0) is 23.7 Å². The predicted molar refractivity (Wildman–Crippen MR) is 143 cm³/mol. The highest BCUT2D eigenvalue weighted by Crippen LogP contribution is 2.58. The second kappa shape index (κ2) is 12.6. The second-order valence-corrected chi connectivity index (χ2v) is 11.8. The summed E-state index contributed by atoms with van der Waals surface area (Å²) >= 11 is 0. The summed E-state index contributed by atoms with van der Waals surface area (Å²) in [6.07, 6.45) is 13.9. The lowest BCUT2D eigenvalue weighted by Gasteiger charge is -2.40. The van der Waals surface area contributed by atoms with Crippen LogP contribution in [0, 0.1) is 5.41 Å². The molecule has 1 saturated carbocycles. The normalized spacial score (nSPS) is 28.0. The Kier molecular flexibility index (Phi) is 10.0. The van der Waals surface area contributed by atoms with Gasteiger partial charge in [0.2, 0.25) is 5.91 Å². The van der Waals surface area contributed by atoms with Crippen molar-refractivity contribution in [1.29, 1.82) is 0 Å². The summed E-state index contributed by atoms with van der Waals surface area (Å²) in [4.78, 5) is 25.7. The fourth-order valence-electron chi connectivity index (χ4n) is 4.90. The molecular formula is C29H46N2O6. The fraction of sp³-hybridized carbons (Fsp3) is 0.724. The number of ether oxygens (including phenoxy) is 4. The molecule has 2 aliphatic heterocycles. The smallest absolute Gasteiger partial charge is 0.410 e. The van der Waals surface area contributed by atoms with Crippen LogP contribution in [0.3, 0.4) is 0 Å². The molecule has 3 aliphatic rings. The number of nitrogens with zero attached hydrogens (tertiary/aromatic N) is 1. The molecular weight excluding hydrogens is 472 g/mol. The van der Waals surface area contributed by atoms with E-state index in [-0.39, 0.29) is 36.0 Å². The zero-order chi connectivity index (χ0) is 27.2. The largest absolute Gasteiger partial charge is 0.442 e. The predicted octanol–water partition coefficient (Wildman–Crippen LogP) is 4.90. The number of amides is 2. The van der Waals surface area contributed by atoms with Crippen LogP contribution in [0.5, 0.6) is 0 Å². The van der Waals surface area contributed by atoms with E-state index < -0.39 is 12.2 Å². The first-order valence-electron chi connectivity index (χ1n) is 13.5. The third-order valence-corrected chi connectivity index (χ3v) is 7.25. The first kappa shape index (κ1) is 29.4. The number of hydrogen-bond donors (Lipinski definition) is 1. The van der Waals surface area contributed by atoms with Gasteiger partial charge in [0.1, 0.15) is 6.10 Å². The Hall–Kier alpha value is -2.16. The second-order valence-electron chi connectivity index (χ2n) is 11.8. The van der Waals surface area contributed by atoms with Gasteiger partial charge < -0.3 is 29.2 Å². The van der Waals surface area contributed by atoms with Gasteiger partial charge in [0.15, 0.2) is 6.29 Å². The highest BCUT2D eigenvalue weighted by Gasteiger charge is 2.51. The standard InChI is InChI=1S/C29H46N2O6/c1-20(2)31(7)27(33)36-22(4)10-12-25(32)30-23-17-34-26(35-18-23)13-9-21(3)8-11-24-16-29(14-15-29)19-28(5,6)37-24/h8-12,20,22-24,26H,13-19H2,1-7H3,(H,30,32)/b11-8+,12-10-,21-9+/t22-,23?,24+,26?/m0/s1. The van der Waals surface area contributed by atoms with Crippen LogP contribution in [-0.4, -0.2) is 73.3 Å². The van der Waals surface area contributed by atoms with Crippen LogP contribution in [0.1, 0.15) is 73.6 Å². The SMILES string of the molecule is CC(/C=C/[C@@H]1CC2(CC2)CC(C)(C)O1)=C\CC1OCC(NC(=O)/C=C\[C@H](C)OC(=O)N(C)C(C)C)CO1. The van der Waals surface area contributed by atoms with Gasteiger partial charge in [0, 0.05) is 25.6 Å². The van der Waals surface area contributed by atoms with Crippen molar-refractivity contribution in [3.8, 4) is 0 Å². The van der Waals surface area contributed by atoms with Crippen molar-refractivity contribution in [2.24, 2.45) is 5.41 Å². The molecule has 2 atom stereocenters. The van der Waals surface area contributed by atoms with Crippen LogP contribution in [0.4, 0.5) is 4.79 Å². The third kappa shape index (κ3) is 9.58. The lowest BCUT2D eigenvalue weighted by molar-refractivity contribution is -0.187. The summed E-state index contributed by atoms with van der Waals surface area (Å²) in [5, 5.41) is 2.86. The molecule has 0 aromatic heterocycles. The minimum atomic E-state index is -0.516. The Morgan fingerprint density at radius 3 is 2.43 bits per heavy atom. The lowest BCUT2D eigenvalue weighted by atomic mass is 9.82. The van der Waals surface area contributed by atoms with Gasteiger partial charge in [-0.15, -0.1) is 0 Å². The Balaban J connectivity index is 1.34. The summed E-state index contributed by atoms with van der Waals surface area (Å²) in [6.45, 7) is 12.7. The molecule has 0 aromatic rings. The molecule has 2 saturated heterocycles.